The Morgan fingerprint density at radius 2 is 1.35 bits per heavy atom. The smallest absolute Gasteiger partial charge is 0.316 e. The summed E-state index contributed by atoms with van der Waals surface area (Å²) in [4.78, 5) is 12.2. The van der Waals surface area contributed by atoms with Crippen LogP contribution in [0.2, 0.25) is 0 Å². The summed E-state index contributed by atoms with van der Waals surface area (Å²) in [7, 11) is 0. The largest absolute Gasteiger partial charge is 0.508 e. The highest BCUT2D eigenvalue weighted by Crippen LogP contribution is 2.39. The first kappa shape index (κ1) is 25.6. The van der Waals surface area contributed by atoms with Crippen molar-refractivity contribution in [2.75, 3.05) is 0 Å². The number of carbonyl (C=O) groups excluding carboxylic acids is 1. The van der Waals surface area contributed by atoms with Crippen LogP contribution in [0.25, 0.3) is 0 Å². The molecule has 0 amide bonds. The lowest BCUT2D eigenvalue weighted by Crippen LogP contribution is -2.25. The van der Waals surface area contributed by atoms with Gasteiger partial charge in [0.15, 0.2) is 0 Å². The Hall–Kier alpha value is -3.07. The molecule has 3 aromatic rings. The molecule has 0 saturated heterocycles. The molecule has 0 aliphatic heterocycles. The van der Waals surface area contributed by atoms with Gasteiger partial charge in [0, 0.05) is 0 Å². The first-order chi connectivity index (χ1) is 16.2. The van der Waals surface area contributed by atoms with E-state index < -0.39 is 5.41 Å². The van der Waals surface area contributed by atoms with E-state index in [4.69, 9.17) is 4.74 Å². The number of esters is 1. The van der Waals surface area contributed by atoms with Gasteiger partial charge in [-0.2, -0.15) is 0 Å². The molecule has 34 heavy (non-hydrogen) atoms. The van der Waals surface area contributed by atoms with Gasteiger partial charge in [-0.05, 0) is 98.7 Å². The first-order valence-electron chi connectivity index (χ1n) is 12.3. The number of ether oxygens (including phenoxy) is 1. The molecule has 3 nitrogen and oxygen atoms in total. The number of phenols is 1. The van der Waals surface area contributed by atoms with Crippen LogP contribution >= 0.6 is 0 Å². The molecule has 0 aliphatic carbocycles. The SMILES string of the molecule is CCC(CC(CC(C)c1ccc(OC(=O)C(C)(C)C)cc1)c1ccc(O)cc1)c1ccccc1. The van der Waals surface area contributed by atoms with Crippen molar-refractivity contribution in [2.45, 2.75) is 71.6 Å². The van der Waals surface area contributed by atoms with Gasteiger partial charge in [-0.1, -0.05) is 68.4 Å². The molecule has 0 aliphatic rings. The maximum absolute atomic E-state index is 12.2. The van der Waals surface area contributed by atoms with Crippen LogP contribution in [-0.4, -0.2) is 11.1 Å². The Labute approximate surface area is 204 Å². The van der Waals surface area contributed by atoms with E-state index in [1.54, 1.807) is 12.1 Å². The third-order valence-electron chi connectivity index (χ3n) is 6.61. The quantitative estimate of drug-likeness (QED) is 0.260. The first-order valence-corrected chi connectivity index (χ1v) is 12.3. The van der Waals surface area contributed by atoms with Crippen LogP contribution in [0.4, 0.5) is 0 Å². The van der Waals surface area contributed by atoms with Gasteiger partial charge < -0.3 is 9.84 Å². The van der Waals surface area contributed by atoms with Crippen LogP contribution in [0.15, 0.2) is 78.9 Å². The van der Waals surface area contributed by atoms with E-state index in [0.717, 1.165) is 19.3 Å². The van der Waals surface area contributed by atoms with Crippen molar-refractivity contribution in [3.05, 3.63) is 95.6 Å². The lowest BCUT2D eigenvalue weighted by Gasteiger charge is -2.26. The van der Waals surface area contributed by atoms with E-state index in [-0.39, 0.29) is 5.97 Å². The monoisotopic (exact) mass is 458 g/mol. The van der Waals surface area contributed by atoms with Crippen molar-refractivity contribution in [2.24, 2.45) is 5.41 Å². The van der Waals surface area contributed by atoms with E-state index in [2.05, 4.69) is 68.4 Å². The maximum atomic E-state index is 12.2. The zero-order valence-corrected chi connectivity index (χ0v) is 21.1. The molecule has 0 spiro atoms. The van der Waals surface area contributed by atoms with Crippen molar-refractivity contribution in [1.82, 2.24) is 0 Å². The van der Waals surface area contributed by atoms with Gasteiger partial charge in [0.25, 0.3) is 0 Å². The second-order valence-corrected chi connectivity index (χ2v) is 10.4. The van der Waals surface area contributed by atoms with Crippen LogP contribution < -0.4 is 4.74 Å². The normalized spacial score (nSPS) is 14.3. The highest BCUT2D eigenvalue weighted by atomic mass is 16.5. The highest BCUT2D eigenvalue weighted by molar-refractivity contribution is 5.77. The summed E-state index contributed by atoms with van der Waals surface area (Å²) in [5.41, 5.74) is 3.34. The molecule has 3 heteroatoms. The summed E-state index contributed by atoms with van der Waals surface area (Å²) in [6.45, 7) is 10.1. The summed E-state index contributed by atoms with van der Waals surface area (Å²) >= 11 is 0. The van der Waals surface area contributed by atoms with Crippen LogP contribution in [-0.2, 0) is 4.79 Å². The summed E-state index contributed by atoms with van der Waals surface area (Å²) in [6, 6.07) is 26.4. The minimum atomic E-state index is -0.530. The fraction of sp³-hybridized carbons (Fsp3) is 0.387. The topological polar surface area (TPSA) is 46.5 Å². The molecule has 3 atom stereocenters. The van der Waals surface area contributed by atoms with Gasteiger partial charge in [-0.15, -0.1) is 0 Å². The van der Waals surface area contributed by atoms with Gasteiger partial charge in [0.1, 0.15) is 11.5 Å². The van der Waals surface area contributed by atoms with Crippen molar-refractivity contribution >= 4 is 5.97 Å². The van der Waals surface area contributed by atoms with E-state index in [0.29, 0.717) is 29.3 Å². The van der Waals surface area contributed by atoms with Gasteiger partial charge >= 0.3 is 5.97 Å². The van der Waals surface area contributed by atoms with Gasteiger partial charge in [-0.3, -0.25) is 4.79 Å². The Balaban J connectivity index is 1.77. The molecule has 3 rings (SSSR count). The second kappa shape index (κ2) is 11.4. The number of hydrogen-bond acceptors (Lipinski definition) is 3. The lowest BCUT2D eigenvalue weighted by atomic mass is 9.78. The second-order valence-electron chi connectivity index (χ2n) is 10.4. The van der Waals surface area contributed by atoms with Crippen molar-refractivity contribution < 1.29 is 14.6 Å². The molecule has 0 radical (unpaired) electrons. The molecule has 0 heterocycles. The van der Waals surface area contributed by atoms with Crippen molar-refractivity contribution in [3.63, 3.8) is 0 Å². The minimum Gasteiger partial charge on any atom is -0.508 e. The summed E-state index contributed by atoms with van der Waals surface area (Å²) < 4.78 is 5.53. The van der Waals surface area contributed by atoms with E-state index >= 15 is 0 Å². The summed E-state index contributed by atoms with van der Waals surface area (Å²) in [6.07, 6.45) is 3.13. The Kier molecular flexibility index (Phi) is 8.55. The molecule has 0 aromatic heterocycles. The van der Waals surface area contributed by atoms with Gasteiger partial charge in [0.2, 0.25) is 0 Å². The number of rotatable bonds is 9. The molecule has 3 unspecified atom stereocenters. The third-order valence-corrected chi connectivity index (χ3v) is 6.61. The minimum absolute atomic E-state index is 0.229. The molecular formula is C31H38O3. The van der Waals surface area contributed by atoms with Crippen LogP contribution in [0.3, 0.4) is 0 Å². The predicted octanol–water partition coefficient (Wildman–Crippen LogP) is 8.21. The zero-order valence-electron chi connectivity index (χ0n) is 21.1. The summed E-state index contributed by atoms with van der Waals surface area (Å²) in [5, 5.41) is 9.81. The van der Waals surface area contributed by atoms with Crippen LogP contribution in [0, 0.1) is 5.41 Å². The lowest BCUT2D eigenvalue weighted by molar-refractivity contribution is -0.143. The molecule has 3 aromatic carbocycles. The van der Waals surface area contributed by atoms with Crippen molar-refractivity contribution in [3.8, 4) is 11.5 Å². The molecule has 0 bridgehead atoms. The fourth-order valence-corrected chi connectivity index (χ4v) is 4.41. The molecule has 0 saturated carbocycles. The van der Waals surface area contributed by atoms with E-state index in [9.17, 15) is 9.90 Å². The predicted molar refractivity (Wildman–Crippen MR) is 140 cm³/mol. The van der Waals surface area contributed by atoms with Gasteiger partial charge in [0.05, 0.1) is 5.41 Å². The highest BCUT2D eigenvalue weighted by Gasteiger charge is 2.24. The Morgan fingerprint density at radius 3 is 1.91 bits per heavy atom. The number of benzene rings is 3. The number of carbonyl (C=O) groups is 1. The summed E-state index contributed by atoms with van der Waals surface area (Å²) in [5.74, 6) is 1.82. The number of hydrogen-bond donors (Lipinski definition) is 1. The Morgan fingerprint density at radius 1 is 0.794 bits per heavy atom. The van der Waals surface area contributed by atoms with Crippen LogP contribution in [0.5, 0.6) is 11.5 Å². The average molecular weight is 459 g/mol. The van der Waals surface area contributed by atoms with E-state index in [1.807, 2.05) is 32.9 Å². The molecule has 180 valence electrons. The van der Waals surface area contributed by atoms with Crippen molar-refractivity contribution in [1.29, 1.82) is 0 Å². The molecule has 1 N–H and O–H groups in total. The number of phenolic OH excluding ortho intramolecular Hbond substituents is 1. The molecule has 0 fully saturated rings. The van der Waals surface area contributed by atoms with Crippen LogP contribution in [0.1, 0.15) is 88.3 Å². The zero-order chi connectivity index (χ0) is 24.7. The van der Waals surface area contributed by atoms with Gasteiger partial charge in [-0.25, -0.2) is 0 Å². The molecular weight excluding hydrogens is 420 g/mol. The number of aromatic hydroxyl groups is 1. The Bertz CT molecular complexity index is 1030. The third kappa shape index (κ3) is 6.96. The maximum Gasteiger partial charge on any atom is 0.316 e. The average Bonchev–Trinajstić information content (AvgIpc) is 2.82. The van der Waals surface area contributed by atoms with E-state index in [1.165, 1.54) is 16.7 Å². The standard InChI is InChI=1S/C31H38O3/c1-6-23(25-10-8-7-9-11-25)21-27(26-12-16-28(32)17-13-26)20-22(2)24-14-18-29(19-15-24)34-30(33)31(3,4)5/h7-19,22-23,27,32H,6,20-21H2,1-5H3. The fourth-order valence-electron chi connectivity index (χ4n) is 4.41.